The molecule has 78 valence electrons. The summed E-state index contributed by atoms with van der Waals surface area (Å²) in [5, 5.41) is 9.07. The van der Waals surface area contributed by atoms with Crippen molar-refractivity contribution in [2.75, 3.05) is 6.61 Å². The standard InChI is InChI=1S/C11H18N2O/c1-8(2)11(10(12)7-14)9-3-5-13-6-4-9/h3-6,8,10-11,14H,7,12H2,1-2H3. The Balaban J connectivity index is 2.89. The molecular weight excluding hydrogens is 176 g/mol. The molecule has 0 aliphatic rings. The summed E-state index contributed by atoms with van der Waals surface area (Å²) in [7, 11) is 0. The Morgan fingerprint density at radius 3 is 2.36 bits per heavy atom. The quantitative estimate of drug-likeness (QED) is 0.755. The van der Waals surface area contributed by atoms with E-state index in [9.17, 15) is 0 Å². The van der Waals surface area contributed by atoms with Gasteiger partial charge >= 0.3 is 0 Å². The van der Waals surface area contributed by atoms with Crippen LogP contribution in [-0.2, 0) is 0 Å². The van der Waals surface area contributed by atoms with Crippen LogP contribution in [0.3, 0.4) is 0 Å². The lowest BCUT2D eigenvalue weighted by Crippen LogP contribution is -2.34. The van der Waals surface area contributed by atoms with Crippen molar-refractivity contribution in [1.29, 1.82) is 0 Å². The molecule has 0 saturated heterocycles. The van der Waals surface area contributed by atoms with Crippen molar-refractivity contribution < 1.29 is 5.11 Å². The van der Waals surface area contributed by atoms with Crippen molar-refractivity contribution in [3.8, 4) is 0 Å². The first-order valence-electron chi connectivity index (χ1n) is 4.93. The van der Waals surface area contributed by atoms with Crippen LogP contribution in [0.15, 0.2) is 24.5 Å². The van der Waals surface area contributed by atoms with Crippen LogP contribution >= 0.6 is 0 Å². The summed E-state index contributed by atoms with van der Waals surface area (Å²) in [6, 6.07) is 3.72. The topological polar surface area (TPSA) is 59.1 Å². The molecule has 14 heavy (non-hydrogen) atoms. The molecule has 0 amide bonds. The Morgan fingerprint density at radius 2 is 1.93 bits per heavy atom. The zero-order chi connectivity index (χ0) is 10.6. The van der Waals surface area contributed by atoms with Crippen LogP contribution in [0.2, 0.25) is 0 Å². The molecule has 0 radical (unpaired) electrons. The van der Waals surface area contributed by atoms with Crippen LogP contribution in [0, 0.1) is 5.92 Å². The molecule has 0 saturated carbocycles. The monoisotopic (exact) mass is 194 g/mol. The van der Waals surface area contributed by atoms with Crippen molar-refractivity contribution >= 4 is 0 Å². The van der Waals surface area contributed by atoms with Gasteiger partial charge < -0.3 is 10.8 Å². The highest BCUT2D eigenvalue weighted by Crippen LogP contribution is 2.26. The van der Waals surface area contributed by atoms with Crippen LogP contribution in [0.1, 0.15) is 25.3 Å². The van der Waals surface area contributed by atoms with Crippen LogP contribution < -0.4 is 5.73 Å². The normalized spacial score (nSPS) is 15.5. The molecule has 1 heterocycles. The molecule has 1 rings (SSSR count). The van der Waals surface area contributed by atoms with E-state index in [1.807, 2.05) is 12.1 Å². The number of hydrogen-bond donors (Lipinski definition) is 2. The highest BCUT2D eigenvalue weighted by atomic mass is 16.3. The Morgan fingerprint density at radius 1 is 1.36 bits per heavy atom. The third-order valence-electron chi connectivity index (χ3n) is 2.48. The number of nitrogens with zero attached hydrogens (tertiary/aromatic N) is 1. The molecule has 3 N–H and O–H groups in total. The molecule has 3 nitrogen and oxygen atoms in total. The molecule has 0 fully saturated rings. The number of nitrogens with two attached hydrogens (primary N) is 1. The molecule has 0 aliphatic carbocycles. The van der Waals surface area contributed by atoms with Crippen molar-refractivity contribution in [2.45, 2.75) is 25.8 Å². The third kappa shape index (κ3) is 2.53. The summed E-state index contributed by atoms with van der Waals surface area (Å²) < 4.78 is 0. The smallest absolute Gasteiger partial charge is 0.0588 e. The van der Waals surface area contributed by atoms with E-state index in [4.69, 9.17) is 10.8 Å². The molecule has 1 aromatic rings. The van der Waals surface area contributed by atoms with Gasteiger partial charge in [0.05, 0.1) is 6.61 Å². The maximum Gasteiger partial charge on any atom is 0.0588 e. The molecule has 1 aromatic heterocycles. The fraction of sp³-hybridized carbons (Fsp3) is 0.545. The first kappa shape index (κ1) is 11.1. The van der Waals surface area contributed by atoms with Gasteiger partial charge in [-0.1, -0.05) is 13.8 Å². The molecule has 2 unspecified atom stereocenters. The van der Waals surface area contributed by atoms with E-state index in [1.54, 1.807) is 12.4 Å². The SMILES string of the molecule is CC(C)C(c1ccncc1)C(N)CO. The largest absolute Gasteiger partial charge is 0.395 e. The highest BCUT2D eigenvalue weighted by molar-refractivity contribution is 5.18. The Hall–Kier alpha value is -0.930. The molecule has 3 heteroatoms. The van der Waals surface area contributed by atoms with Crippen LogP contribution in [-0.4, -0.2) is 22.7 Å². The highest BCUT2D eigenvalue weighted by Gasteiger charge is 2.22. The predicted octanol–water partition coefficient (Wildman–Crippen LogP) is 1.14. The predicted molar refractivity (Wildman–Crippen MR) is 56.9 cm³/mol. The second kappa shape index (κ2) is 5.08. The third-order valence-corrected chi connectivity index (χ3v) is 2.48. The van der Waals surface area contributed by atoms with Gasteiger partial charge in [-0.05, 0) is 23.6 Å². The molecular formula is C11H18N2O. The molecule has 0 bridgehead atoms. The van der Waals surface area contributed by atoms with Gasteiger partial charge in [0.1, 0.15) is 0 Å². The van der Waals surface area contributed by atoms with E-state index in [2.05, 4.69) is 18.8 Å². The van der Waals surface area contributed by atoms with E-state index in [0.717, 1.165) is 5.56 Å². The first-order chi connectivity index (χ1) is 6.66. The lowest BCUT2D eigenvalue weighted by Gasteiger charge is -2.26. The van der Waals surface area contributed by atoms with E-state index < -0.39 is 0 Å². The van der Waals surface area contributed by atoms with Gasteiger partial charge in [0, 0.05) is 24.4 Å². The lowest BCUT2D eigenvalue weighted by molar-refractivity contribution is 0.232. The minimum absolute atomic E-state index is 0.0190. The Bertz CT molecular complexity index is 261. The minimum atomic E-state index is -0.197. The summed E-state index contributed by atoms with van der Waals surface area (Å²) in [6.45, 7) is 4.24. The number of aliphatic hydroxyl groups is 1. The summed E-state index contributed by atoms with van der Waals surface area (Å²) in [6.07, 6.45) is 3.52. The van der Waals surface area contributed by atoms with Gasteiger partial charge in [-0.25, -0.2) is 0 Å². The first-order valence-corrected chi connectivity index (χ1v) is 4.93. The minimum Gasteiger partial charge on any atom is -0.395 e. The Kier molecular flexibility index (Phi) is 4.04. The van der Waals surface area contributed by atoms with Gasteiger partial charge in [0.15, 0.2) is 0 Å². The van der Waals surface area contributed by atoms with Crippen molar-refractivity contribution in [2.24, 2.45) is 11.7 Å². The van der Waals surface area contributed by atoms with Crippen molar-refractivity contribution in [1.82, 2.24) is 4.98 Å². The summed E-state index contributed by atoms with van der Waals surface area (Å²) in [5.74, 6) is 0.613. The van der Waals surface area contributed by atoms with Crippen LogP contribution in [0.4, 0.5) is 0 Å². The number of aliphatic hydroxyl groups excluding tert-OH is 1. The second-order valence-corrected chi connectivity index (χ2v) is 3.90. The fourth-order valence-corrected chi connectivity index (χ4v) is 1.83. The van der Waals surface area contributed by atoms with Gasteiger partial charge in [-0.3, -0.25) is 4.98 Å². The zero-order valence-corrected chi connectivity index (χ0v) is 8.72. The molecule has 2 atom stereocenters. The second-order valence-electron chi connectivity index (χ2n) is 3.90. The maximum atomic E-state index is 9.07. The zero-order valence-electron chi connectivity index (χ0n) is 8.72. The summed E-state index contributed by atoms with van der Waals surface area (Å²) in [5.41, 5.74) is 7.03. The number of pyridine rings is 1. The average Bonchev–Trinajstić information content (AvgIpc) is 2.19. The summed E-state index contributed by atoms with van der Waals surface area (Å²) >= 11 is 0. The van der Waals surface area contributed by atoms with Gasteiger partial charge in [-0.2, -0.15) is 0 Å². The molecule has 0 aliphatic heterocycles. The van der Waals surface area contributed by atoms with Crippen LogP contribution in [0.5, 0.6) is 0 Å². The van der Waals surface area contributed by atoms with Gasteiger partial charge in [-0.15, -0.1) is 0 Å². The fourth-order valence-electron chi connectivity index (χ4n) is 1.83. The van der Waals surface area contributed by atoms with E-state index in [0.29, 0.717) is 5.92 Å². The van der Waals surface area contributed by atoms with Crippen molar-refractivity contribution in [3.05, 3.63) is 30.1 Å². The number of hydrogen-bond acceptors (Lipinski definition) is 3. The maximum absolute atomic E-state index is 9.07. The average molecular weight is 194 g/mol. The molecule has 0 spiro atoms. The van der Waals surface area contributed by atoms with Crippen LogP contribution in [0.25, 0.3) is 0 Å². The van der Waals surface area contributed by atoms with E-state index in [-0.39, 0.29) is 18.6 Å². The van der Waals surface area contributed by atoms with Crippen molar-refractivity contribution in [3.63, 3.8) is 0 Å². The van der Waals surface area contributed by atoms with E-state index in [1.165, 1.54) is 0 Å². The summed E-state index contributed by atoms with van der Waals surface area (Å²) in [4.78, 5) is 3.97. The Labute approximate surface area is 85.0 Å². The number of aromatic nitrogens is 1. The van der Waals surface area contributed by atoms with Gasteiger partial charge in [0.2, 0.25) is 0 Å². The van der Waals surface area contributed by atoms with E-state index >= 15 is 0 Å². The number of rotatable bonds is 4. The lowest BCUT2D eigenvalue weighted by atomic mass is 9.83. The van der Waals surface area contributed by atoms with Gasteiger partial charge in [0.25, 0.3) is 0 Å². The molecule has 0 aromatic carbocycles.